The zero-order chi connectivity index (χ0) is 28.7. The van der Waals surface area contributed by atoms with Gasteiger partial charge in [-0.05, 0) is 62.2 Å². The van der Waals surface area contributed by atoms with Crippen molar-refractivity contribution in [2.24, 2.45) is 0 Å². The number of ether oxygens (including phenoxy) is 3. The Kier molecular flexibility index (Phi) is 7.16. The number of hydrogen-bond donors (Lipinski definition) is 1. The van der Waals surface area contributed by atoms with Crippen LogP contribution >= 0.6 is 11.3 Å². The van der Waals surface area contributed by atoms with E-state index >= 15 is 0 Å². The van der Waals surface area contributed by atoms with E-state index in [-0.39, 0.29) is 39.6 Å². The van der Waals surface area contributed by atoms with Gasteiger partial charge in [-0.1, -0.05) is 23.5 Å². The van der Waals surface area contributed by atoms with Crippen molar-refractivity contribution < 1.29 is 38.5 Å². The van der Waals surface area contributed by atoms with Crippen LogP contribution in [0.1, 0.15) is 62.3 Å². The maximum Gasteiger partial charge on any atom is 0.350 e. The van der Waals surface area contributed by atoms with Crippen molar-refractivity contribution in [3.05, 3.63) is 80.9 Å². The van der Waals surface area contributed by atoms with Crippen molar-refractivity contribution in [1.82, 2.24) is 4.98 Å². The Balaban J connectivity index is 1.66. The highest BCUT2D eigenvalue weighted by Gasteiger charge is 2.48. The average Bonchev–Trinajstić information content (AvgIpc) is 3.59. The van der Waals surface area contributed by atoms with Crippen LogP contribution in [-0.2, 0) is 25.5 Å². The summed E-state index contributed by atoms with van der Waals surface area (Å²) < 4.78 is 15.6. The maximum atomic E-state index is 13.5. The van der Waals surface area contributed by atoms with E-state index in [1.165, 1.54) is 24.1 Å². The van der Waals surface area contributed by atoms with Gasteiger partial charge in [0.15, 0.2) is 5.13 Å². The van der Waals surface area contributed by atoms with Crippen LogP contribution in [0.15, 0.2) is 48.0 Å². The third-order valence-electron chi connectivity index (χ3n) is 6.71. The zero-order valence-electron chi connectivity index (χ0n) is 22.2. The van der Waals surface area contributed by atoms with Crippen LogP contribution in [0.25, 0.3) is 5.76 Å². The molecule has 1 amide bonds. The van der Waals surface area contributed by atoms with Gasteiger partial charge in [0.05, 0.1) is 36.6 Å². The number of anilines is 1. The van der Waals surface area contributed by atoms with Gasteiger partial charge in [-0.15, -0.1) is 0 Å². The molecule has 1 saturated heterocycles. The summed E-state index contributed by atoms with van der Waals surface area (Å²) in [4.78, 5) is 57.3. The van der Waals surface area contributed by atoms with Crippen LogP contribution < -0.4 is 9.64 Å². The molecule has 1 aromatic heterocycles. The summed E-state index contributed by atoms with van der Waals surface area (Å²) in [5.74, 6) is -2.62. The normalized spacial score (nSPS) is 19.4. The number of Topliss-reactive ketones (excluding diaryl/α,β-unsaturated/α-hetero) is 1. The number of ketones is 1. The third-order valence-corrected chi connectivity index (χ3v) is 7.85. The molecule has 5 rings (SSSR count). The van der Waals surface area contributed by atoms with Gasteiger partial charge in [-0.3, -0.25) is 14.5 Å². The van der Waals surface area contributed by atoms with Gasteiger partial charge < -0.3 is 19.3 Å². The Bertz CT molecular complexity index is 1570. The Morgan fingerprint density at radius 1 is 1.12 bits per heavy atom. The highest BCUT2D eigenvalue weighted by atomic mass is 32.1. The largest absolute Gasteiger partial charge is 0.507 e. The second-order valence-electron chi connectivity index (χ2n) is 9.37. The van der Waals surface area contributed by atoms with E-state index < -0.39 is 29.7 Å². The van der Waals surface area contributed by atoms with E-state index in [0.717, 1.165) is 16.9 Å². The maximum absolute atomic E-state index is 13.5. The van der Waals surface area contributed by atoms with Crippen molar-refractivity contribution in [2.45, 2.75) is 39.3 Å². The molecule has 3 aromatic rings. The van der Waals surface area contributed by atoms with Crippen LogP contribution in [0, 0.1) is 6.92 Å². The van der Waals surface area contributed by atoms with Crippen LogP contribution in [-0.4, -0.2) is 53.5 Å². The number of nitrogens with zero attached hydrogens (tertiary/aromatic N) is 2. The number of thiazole rings is 1. The number of aryl methyl sites for hydroxylation is 1. The number of aliphatic hydroxyl groups is 1. The summed E-state index contributed by atoms with van der Waals surface area (Å²) in [6.07, 6.45) is 0.617. The SMILES string of the molecule is CCOC(=O)c1sc(N2C(=O)C(=O)/C(=C(/O)c3ccc4c(c3)C[C@@H](C)O4)[C@H]2c2ccc(C(=O)OC)cc2)nc1C. The van der Waals surface area contributed by atoms with Gasteiger partial charge in [0, 0.05) is 12.0 Å². The minimum absolute atomic E-state index is 0.0203. The van der Waals surface area contributed by atoms with Gasteiger partial charge in [0.2, 0.25) is 0 Å². The number of hydrogen-bond acceptors (Lipinski definition) is 10. The predicted octanol–water partition coefficient (Wildman–Crippen LogP) is 4.36. The van der Waals surface area contributed by atoms with Gasteiger partial charge in [-0.25, -0.2) is 14.6 Å². The molecule has 3 heterocycles. The summed E-state index contributed by atoms with van der Waals surface area (Å²) in [6, 6.07) is 10.2. The van der Waals surface area contributed by atoms with Crippen molar-refractivity contribution in [2.75, 3.05) is 18.6 Å². The molecule has 2 aliphatic heterocycles. The lowest BCUT2D eigenvalue weighted by Crippen LogP contribution is -2.29. The molecule has 206 valence electrons. The molecule has 40 heavy (non-hydrogen) atoms. The minimum atomic E-state index is -1.09. The average molecular weight is 563 g/mol. The molecule has 1 N–H and O–H groups in total. The number of rotatable bonds is 6. The lowest BCUT2D eigenvalue weighted by Gasteiger charge is -2.23. The third kappa shape index (κ3) is 4.62. The molecule has 0 radical (unpaired) electrons. The summed E-state index contributed by atoms with van der Waals surface area (Å²) in [5, 5.41) is 11.6. The zero-order valence-corrected chi connectivity index (χ0v) is 23.0. The van der Waals surface area contributed by atoms with Crippen molar-refractivity contribution in [1.29, 1.82) is 0 Å². The Labute approximate surface area is 233 Å². The lowest BCUT2D eigenvalue weighted by atomic mass is 9.94. The fourth-order valence-electron chi connectivity index (χ4n) is 4.86. The van der Waals surface area contributed by atoms with E-state index in [9.17, 15) is 24.3 Å². The number of amides is 1. The van der Waals surface area contributed by atoms with Crippen LogP contribution in [0.5, 0.6) is 5.75 Å². The molecule has 0 bridgehead atoms. The minimum Gasteiger partial charge on any atom is -0.507 e. The van der Waals surface area contributed by atoms with E-state index in [1.807, 2.05) is 6.92 Å². The molecule has 2 aromatic carbocycles. The van der Waals surface area contributed by atoms with Gasteiger partial charge >= 0.3 is 17.8 Å². The van der Waals surface area contributed by atoms with E-state index in [4.69, 9.17) is 14.2 Å². The second-order valence-corrected chi connectivity index (χ2v) is 10.3. The lowest BCUT2D eigenvalue weighted by molar-refractivity contribution is -0.132. The summed E-state index contributed by atoms with van der Waals surface area (Å²) in [6.45, 7) is 5.38. The number of carbonyl (C=O) groups excluding carboxylic acids is 4. The molecule has 10 nitrogen and oxygen atoms in total. The Morgan fingerprint density at radius 3 is 2.50 bits per heavy atom. The molecule has 2 aliphatic rings. The quantitative estimate of drug-likeness (QED) is 0.201. The van der Waals surface area contributed by atoms with Crippen molar-refractivity contribution in [3.8, 4) is 5.75 Å². The van der Waals surface area contributed by atoms with Crippen molar-refractivity contribution in [3.63, 3.8) is 0 Å². The molecule has 2 atom stereocenters. The number of aromatic nitrogens is 1. The van der Waals surface area contributed by atoms with E-state index in [1.54, 1.807) is 44.2 Å². The molecule has 0 spiro atoms. The fraction of sp³-hybridized carbons (Fsp3) is 0.276. The van der Waals surface area contributed by atoms with Crippen LogP contribution in [0.2, 0.25) is 0 Å². The molecular weight excluding hydrogens is 536 g/mol. The smallest absolute Gasteiger partial charge is 0.350 e. The highest BCUT2D eigenvalue weighted by molar-refractivity contribution is 7.17. The van der Waals surface area contributed by atoms with E-state index in [0.29, 0.717) is 29.0 Å². The van der Waals surface area contributed by atoms with Gasteiger partial charge in [-0.2, -0.15) is 0 Å². The van der Waals surface area contributed by atoms with Crippen LogP contribution in [0.3, 0.4) is 0 Å². The summed E-state index contributed by atoms with van der Waals surface area (Å²) in [7, 11) is 1.26. The number of esters is 2. The Morgan fingerprint density at radius 2 is 1.82 bits per heavy atom. The number of fused-ring (bicyclic) bond motifs is 1. The van der Waals surface area contributed by atoms with E-state index in [2.05, 4.69) is 4.98 Å². The first-order valence-corrected chi connectivity index (χ1v) is 13.4. The number of benzene rings is 2. The first kappa shape index (κ1) is 27.1. The molecule has 1 fully saturated rings. The number of aliphatic hydroxyl groups excluding tert-OH is 1. The van der Waals surface area contributed by atoms with Crippen molar-refractivity contribution >= 4 is 45.9 Å². The standard InChI is InChI=1S/C29H26N2O8S/c1-5-38-28(36)25-15(3)30-29(40-25)31-22(16-6-8-17(9-7-16)27(35)37-4)21(24(33)26(31)34)23(32)18-10-11-20-19(13-18)12-14(2)39-20/h6-11,13-14,22,32H,5,12H2,1-4H3/b23-21+/t14-,22-/m1/s1. The fourth-order valence-corrected chi connectivity index (χ4v) is 5.85. The molecule has 0 aliphatic carbocycles. The highest BCUT2D eigenvalue weighted by Crippen LogP contribution is 2.44. The van der Waals surface area contributed by atoms with Crippen LogP contribution in [0.4, 0.5) is 5.13 Å². The predicted molar refractivity (Wildman–Crippen MR) is 146 cm³/mol. The Hall–Kier alpha value is -4.51. The summed E-state index contributed by atoms with van der Waals surface area (Å²) in [5.41, 5.74) is 2.14. The monoisotopic (exact) mass is 562 g/mol. The molecule has 0 saturated carbocycles. The molecule has 11 heteroatoms. The number of methoxy groups -OCH3 is 1. The van der Waals surface area contributed by atoms with Gasteiger partial charge in [0.25, 0.3) is 5.78 Å². The van der Waals surface area contributed by atoms with Gasteiger partial charge in [0.1, 0.15) is 22.5 Å². The topological polar surface area (TPSA) is 132 Å². The second kappa shape index (κ2) is 10.6. The molecule has 0 unspecified atom stereocenters. The summed E-state index contributed by atoms with van der Waals surface area (Å²) >= 11 is 0.919. The first-order valence-electron chi connectivity index (χ1n) is 12.6. The number of carbonyl (C=O) groups is 4. The first-order chi connectivity index (χ1) is 19.1. The molecular formula is C29H26N2O8S.